The number of hydrogen-bond donors (Lipinski definition) is 0. The summed E-state index contributed by atoms with van der Waals surface area (Å²) in [6, 6.07) is 5.62. The van der Waals surface area contributed by atoms with Gasteiger partial charge in [-0.2, -0.15) is 8.42 Å². The van der Waals surface area contributed by atoms with Crippen molar-refractivity contribution in [3.63, 3.8) is 0 Å². The molecule has 1 atom stereocenters. The van der Waals surface area contributed by atoms with Gasteiger partial charge < -0.3 is 4.74 Å². The molecule has 4 nitrogen and oxygen atoms in total. The topological polar surface area (TPSA) is 52.6 Å². The van der Waals surface area contributed by atoms with Gasteiger partial charge in [-0.25, -0.2) is 4.39 Å². The molecule has 0 aliphatic rings. The van der Waals surface area contributed by atoms with E-state index in [1.165, 1.54) is 24.3 Å². The van der Waals surface area contributed by atoms with Crippen molar-refractivity contribution < 1.29 is 21.7 Å². The van der Waals surface area contributed by atoms with Crippen molar-refractivity contribution in [1.82, 2.24) is 0 Å². The molecule has 1 aromatic carbocycles. The Bertz CT molecular complexity index is 441. The molecule has 1 rings (SSSR count). The first kappa shape index (κ1) is 13.9. The van der Waals surface area contributed by atoms with Crippen LogP contribution in [0.1, 0.15) is 13.3 Å². The monoisotopic (exact) mass is 262 g/mol. The Hall–Kier alpha value is -1.14. The minimum Gasteiger partial charge on any atom is -0.493 e. The van der Waals surface area contributed by atoms with E-state index >= 15 is 0 Å². The van der Waals surface area contributed by atoms with Gasteiger partial charge in [-0.15, -0.1) is 0 Å². The third-order valence-corrected chi connectivity index (χ3v) is 2.62. The number of hydrogen-bond acceptors (Lipinski definition) is 4. The van der Waals surface area contributed by atoms with Crippen molar-refractivity contribution >= 4 is 10.1 Å². The third-order valence-electron chi connectivity index (χ3n) is 1.95. The summed E-state index contributed by atoms with van der Waals surface area (Å²) >= 11 is 0. The largest absolute Gasteiger partial charge is 0.493 e. The third kappa shape index (κ3) is 6.23. The average Bonchev–Trinajstić information content (AvgIpc) is 2.18. The first-order chi connectivity index (χ1) is 7.87. The maximum Gasteiger partial charge on any atom is 0.264 e. The molecule has 0 N–H and O–H groups in total. The van der Waals surface area contributed by atoms with E-state index in [1.807, 2.05) is 0 Å². The van der Waals surface area contributed by atoms with Gasteiger partial charge in [0.25, 0.3) is 10.1 Å². The van der Waals surface area contributed by atoms with Crippen LogP contribution in [0.2, 0.25) is 0 Å². The molecule has 0 saturated carbocycles. The lowest BCUT2D eigenvalue weighted by atomic mass is 10.3. The number of ether oxygens (including phenoxy) is 1. The first-order valence-corrected chi connectivity index (χ1v) is 6.95. The summed E-state index contributed by atoms with van der Waals surface area (Å²) in [5, 5.41) is 0. The SMILES string of the molecule is CC(CCOc1ccc(F)cc1)OS(C)(=O)=O. The van der Waals surface area contributed by atoms with Crippen LogP contribution in [-0.4, -0.2) is 27.4 Å². The molecule has 0 heterocycles. The molecule has 1 aromatic rings. The lowest BCUT2D eigenvalue weighted by molar-refractivity contribution is 0.184. The van der Waals surface area contributed by atoms with Gasteiger partial charge in [0.15, 0.2) is 0 Å². The lowest BCUT2D eigenvalue weighted by Gasteiger charge is -2.11. The van der Waals surface area contributed by atoms with Crippen LogP contribution in [0, 0.1) is 5.82 Å². The zero-order chi connectivity index (χ0) is 12.9. The van der Waals surface area contributed by atoms with E-state index in [0.29, 0.717) is 18.8 Å². The fourth-order valence-electron chi connectivity index (χ4n) is 1.22. The summed E-state index contributed by atoms with van der Waals surface area (Å²) in [7, 11) is -3.43. The highest BCUT2D eigenvalue weighted by Gasteiger charge is 2.10. The zero-order valence-corrected chi connectivity index (χ0v) is 10.5. The van der Waals surface area contributed by atoms with Crippen LogP contribution in [0.25, 0.3) is 0 Å². The molecule has 1 unspecified atom stereocenters. The van der Waals surface area contributed by atoms with Gasteiger partial charge in [0.1, 0.15) is 11.6 Å². The number of halogens is 1. The van der Waals surface area contributed by atoms with Gasteiger partial charge in [-0.1, -0.05) is 0 Å². The highest BCUT2D eigenvalue weighted by molar-refractivity contribution is 7.86. The number of rotatable bonds is 6. The molecule has 96 valence electrons. The molecule has 0 aromatic heterocycles. The fraction of sp³-hybridized carbons (Fsp3) is 0.455. The van der Waals surface area contributed by atoms with Crippen LogP contribution in [0.3, 0.4) is 0 Å². The van der Waals surface area contributed by atoms with Crippen LogP contribution in [0.5, 0.6) is 5.75 Å². The van der Waals surface area contributed by atoms with Crippen LogP contribution in [0.4, 0.5) is 4.39 Å². The molecule has 0 fully saturated rings. The quantitative estimate of drug-likeness (QED) is 0.735. The van der Waals surface area contributed by atoms with E-state index in [9.17, 15) is 12.8 Å². The summed E-state index contributed by atoms with van der Waals surface area (Å²) in [6.45, 7) is 1.96. The molecule has 0 amide bonds. The Morgan fingerprint density at radius 3 is 2.41 bits per heavy atom. The maximum absolute atomic E-state index is 12.6. The molecule has 17 heavy (non-hydrogen) atoms. The molecule has 0 aliphatic heterocycles. The van der Waals surface area contributed by atoms with Gasteiger partial charge in [0, 0.05) is 6.42 Å². The van der Waals surface area contributed by atoms with Crippen molar-refractivity contribution in [1.29, 1.82) is 0 Å². The van der Waals surface area contributed by atoms with E-state index in [1.54, 1.807) is 6.92 Å². The Morgan fingerprint density at radius 1 is 1.29 bits per heavy atom. The number of benzene rings is 1. The fourth-order valence-corrected chi connectivity index (χ4v) is 1.91. The minimum absolute atomic E-state index is 0.308. The minimum atomic E-state index is -3.43. The predicted molar refractivity (Wildman–Crippen MR) is 61.9 cm³/mol. The Balaban J connectivity index is 2.30. The molecule has 0 saturated heterocycles. The van der Waals surface area contributed by atoms with Crippen molar-refractivity contribution in [2.45, 2.75) is 19.4 Å². The average molecular weight is 262 g/mol. The summed E-state index contributed by atoms with van der Waals surface area (Å²) in [5.74, 6) is 0.212. The molecular weight excluding hydrogens is 247 g/mol. The van der Waals surface area contributed by atoms with Crippen molar-refractivity contribution in [3.05, 3.63) is 30.1 Å². The van der Waals surface area contributed by atoms with E-state index < -0.39 is 16.2 Å². The van der Waals surface area contributed by atoms with E-state index in [4.69, 9.17) is 8.92 Å². The highest BCUT2D eigenvalue weighted by atomic mass is 32.2. The summed E-state index contributed by atoms with van der Waals surface area (Å²) in [4.78, 5) is 0. The second-order valence-electron chi connectivity index (χ2n) is 3.70. The normalized spacial score (nSPS) is 13.4. The smallest absolute Gasteiger partial charge is 0.264 e. The second kappa shape index (κ2) is 5.97. The van der Waals surface area contributed by atoms with Crippen LogP contribution < -0.4 is 4.74 Å². The Labute approximate surface area is 100 Å². The molecule has 0 bridgehead atoms. The van der Waals surface area contributed by atoms with Crippen LogP contribution in [0.15, 0.2) is 24.3 Å². The van der Waals surface area contributed by atoms with Gasteiger partial charge >= 0.3 is 0 Å². The molecular formula is C11H15FO4S. The Kier molecular flexibility index (Phi) is 4.89. The molecule has 0 spiro atoms. The van der Waals surface area contributed by atoms with E-state index in [0.717, 1.165) is 6.26 Å². The highest BCUT2D eigenvalue weighted by Crippen LogP contribution is 2.12. The summed E-state index contributed by atoms with van der Waals surface area (Å²) < 4.78 is 44.2. The van der Waals surface area contributed by atoms with Crippen molar-refractivity contribution in [2.75, 3.05) is 12.9 Å². The molecule has 0 radical (unpaired) electrons. The first-order valence-electron chi connectivity index (χ1n) is 5.13. The predicted octanol–water partition coefficient (Wildman–Crippen LogP) is 1.96. The standard InChI is InChI=1S/C11H15FO4S/c1-9(16-17(2,13)14)7-8-15-11-5-3-10(12)4-6-11/h3-6,9H,7-8H2,1-2H3. The summed E-state index contributed by atoms with van der Waals surface area (Å²) in [6.07, 6.45) is 1.000. The summed E-state index contributed by atoms with van der Waals surface area (Å²) in [5.41, 5.74) is 0. The lowest BCUT2D eigenvalue weighted by Crippen LogP contribution is -2.16. The van der Waals surface area contributed by atoms with E-state index in [-0.39, 0.29) is 5.82 Å². The Morgan fingerprint density at radius 2 is 1.88 bits per heavy atom. The zero-order valence-electron chi connectivity index (χ0n) is 9.72. The maximum atomic E-state index is 12.6. The van der Waals surface area contributed by atoms with Crippen LogP contribution in [-0.2, 0) is 14.3 Å². The van der Waals surface area contributed by atoms with Gasteiger partial charge in [-0.3, -0.25) is 4.18 Å². The van der Waals surface area contributed by atoms with Gasteiger partial charge in [-0.05, 0) is 31.2 Å². The second-order valence-corrected chi connectivity index (χ2v) is 5.30. The van der Waals surface area contributed by atoms with Crippen LogP contribution >= 0.6 is 0 Å². The van der Waals surface area contributed by atoms with Gasteiger partial charge in [0.2, 0.25) is 0 Å². The van der Waals surface area contributed by atoms with E-state index in [2.05, 4.69) is 0 Å². The molecule has 0 aliphatic carbocycles. The van der Waals surface area contributed by atoms with Crippen molar-refractivity contribution in [3.8, 4) is 5.75 Å². The van der Waals surface area contributed by atoms with Gasteiger partial charge in [0.05, 0.1) is 19.0 Å². The van der Waals surface area contributed by atoms with Crippen molar-refractivity contribution in [2.24, 2.45) is 0 Å². The molecule has 6 heteroatoms.